The van der Waals surface area contributed by atoms with Crippen LogP contribution in [0.4, 0.5) is 0 Å². The summed E-state index contributed by atoms with van der Waals surface area (Å²) in [5.74, 6) is -0.193. The van der Waals surface area contributed by atoms with Crippen LogP contribution in [0.5, 0.6) is 0 Å². The van der Waals surface area contributed by atoms with Gasteiger partial charge in [0, 0.05) is 17.4 Å². The van der Waals surface area contributed by atoms with E-state index in [-0.39, 0.29) is 17.9 Å². The molecule has 0 saturated carbocycles. The third-order valence-corrected chi connectivity index (χ3v) is 6.81. The van der Waals surface area contributed by atoms with Crippen molar-refractivity contribution in [3.63, 3.8) is 0 Å². The van der Waals surface area contributed by atoms with Crippen molar-refractivity contribution in [3.8, 4) is 11.1 Å². The second-order valence-electron chi connectivity index (χ2n) is 7.86. The molecule has 0 fully saturated rings. The van der Waals surface area contributed by atoms with Crippen LogP contribution in [0.2, 0.25) is 0 Å². The van der Waals surface area contributed by atoms with Gasteiger partial charge in [0.05, 0.1) is 11.9 Å². The first kappa shape index (κ1) is 19.8. The molecule has 7 heteroatoms. The molecule has 4 aromatic rings. The summed E-state index contributed by atoms with van der Waals surface area (Å²) in [4.78, 5) is 30.2. The van der Waals surface area contributed by atoms with Crippen molar-refractivity contribution in [2.24, 2.45) is 0 Å². The molecular formula is C24H22N2O4S. The van der Waals surface area contributed by atoms with E-state index < -0.39 is 5.97 Å². The maximum absolute atomic E-state index is 13.6. The summed E-state index contributed by atoms with van der Waals surface area (Å²) in [7, 11) is 0. The van der Waals surface area contributed by atoms with Gasteiger partial charge in [0.25, 0.3) is 5.56 Å². The Morgan fingerprint density at radius 1 is 1.19 bits per heavy atom. The van der Waals surface area contributed by atoms with Gasteiger partial charge < -0.3 is 9.52 Å². The fraction of sp³-hybridized carbons (Fsp3) is 0.292. The van der Waals surface area contributed by atoms with Gasteiger partial charge in [-0.3, -0.25) is 9.36 Å². The minimum absolute atomic E-state index is 0.121. The Morgan fingerprint density at radius 2 is 2.00 bits per heavy atom. The molecule has 0 bridgehead atoms. The zero-order chi connectivity index (χ0) is 21.5. The van der Waals surface area contributed by atoms with Crippen LogP contribution in [0, 0.1) is 0 Å². The summed E-state index contributed by atoms with van der Waals surface area (Å²) in [6, 6.07) is 9.52. The number of benzene rings is 1. The smallest absolute Gasteiger partial charge is 0.371 e. The van der Waals surface area contributed by atoms with E-state index in [1.807, 2.05) is 12.3 Å². The monoisotopic (exact) mass is 434 g/mol. The molecule has 158 valence electrons. The number of aromatic nitrogens is 2. The van der Waals surface area contributed by atoms with Crippen molar-refractivity contribution in [2.75, 3.05) is 0 Å². The summed E-state index contributed by atoms with van der Waals surface area (Å²) in [5.41, 5.74) is 4.62. The number of aromatic carboxylic acids is 1. The lowest BCUT2D eigenvalue weighted by Gasteiger charge is -2.16. The standard InChI is InChI=1S/C24H22N2O4S/c1-2-20-25-22-21(23(27)26(20)12-17-9-10-19(30-17)24(28)29)18(13-31-22)16-8-7-14-5-3-4-6-15(14)11-16/h7-11,13H,2-6,12H2,1H3,(H,28,29). The number of aryl methyl sites for hydroxylation is 3. The average molecular weight is 435 g/mol. The van der Waals surface area contributed by atoms with E-state index in [0.29, 0.717) is 23.4 Å². The first-order valence-corrected chi connectivity index (χ1v) is 11.4. The molecule has 0 amide bonds. The molecule has 6 nitrogen and oxygen atoms in total. The molecule has 1 aliphatic carbocycles. The average Bonchev–Trinajstić information content (AvgIpc) is 3.42. The number of nitrogens with zero attached hydrogens (tertiary/aromatic N) is 2. The Bertz CT molecular complexity index is 1360. The third kappa shape index (κ3) is 3.49. The van der Waals surface area contributed by atoms with E-state index in [1.54, 1.807) is 10.6 Å². The summed E-state index contributed by atoms with van der Waals surface area (Å²) in [5, 5.41) is 11.7. The van der Waals surface area contributed by atoms with E-state index in [2.05, 4.69) is 18.2 Å². The summed E-state index contributed by atoms with van der Waals surface area (Å²) < 4.78 is 6.99. The number of carboxylic acid groups (broad SMARTS) is 1. The van der Waals surface area contributed by atoms with Crippen LogP contribution in [0.3, 0.4) is 0 Å². The maximum atomic E-state index is 13.6. The first-order valence-electron chi connectivity index (χ1n) is 10.5. The lowest BCUT2D eigenvalue weighted by molar-refractivity contribution is 0.0660. The second kappa shape index (κ2) is 7.81. The molecular weight excluding hydrogens is 412 g/mol. The Hall–Kier alpha value is -3.19. The molecule has 31 heavy (non-hydrogen) atoms. The van der Waals surface area contributed by atoms with Crippen molar-refractivity contribution in [2.45, 2.75) is 45.6 Å². The molecule has 3 heterocycles. The minimum atomic E-state index is -1.13. The number of fused-ring (bicyclic) bond motifs is 2. The van der Waals surface area contributed by atoms with Crippen molar-refractivity contribution >= 4 is 27.5 Å². The SMILES string of the molecule is CCc1nc2scc(-c3ccc4c(c3)CCCC4)c2c(=O)n1Cc1ccc(C(=O)O)o1. The number of carbonyl (C=O) groups is 1. The van der Waals surface area contributed by atoms with Crippen molar-refractivity contribution in [1.82, 2.24) is 9.55 Å². The predicted octanol–water partition coefficient (Wildman–Crippen LogP) is 4.91. The predicted molar refractivity (Wildman–Crippen MR) is 120 cm³/mol. The number of hydrogen-bond acceptors (Lipinski definition) is 5. The topological polar surface area (TPSA) is 85.3 Å². The van der Waals surface area contributed by atoms with Gasteiger partial charge in [0.1, 0.15) is 16.4 Å². The van der Waals surface area contributed by atoms with E-state index >= 15 is 0 Å². The van der Waals surface area contributed by atoms with Gasteiger partial charge >= 0.3 is 5.97 Å². The quantitative estimate of drug-likeness (QED) is 0.483. The molecule has 0 radical (unpaired) electrons. The largest absolute Gasteiger partial charge is 0.475 e. The zero-order valence-electron chi connectivity index (χ0n) is 17.2. The molecule has 0 saturated heterocycles. The van der Waals surface area contributed by atoms with Crippen molar-refractivity contribution in [3.05, 3.63) is 74.5 Å². The number of carboxylic acids is 1. The fourth-order valence-corrected chi connectivity index (χ4v) is 5.30. The van der Waals surface area contributed by atoms with Crippen LogP contribution in [0.15, 0.2) is 44.9 Å². The zero-order valence-corrected chi connectivity index (χ0v) is 18.0. The number of hydrogen-bond donors (Lipinski definition) is 1. The van der Waals surface area contributed by atoms with Crippen LogP contribution < -0.4 is 5.56 Å². The van der Waals surface area contributed by atoms with Gasteiger partial charge in [0.15, 0.2) is 0 Å². The normalized spacial score (nSPS) is 13.5. The fourth-order valence-electron chi connectivity index (χ4n) is 4.35. The highest BCUT2D eigenvalue weighted by molar-refractivity contribution is 7.17. The molecule has 1 aliphatic rings. The molecule has 0 spiro atoms. The Balaban J connectivity index is 1.63. The number of thiophene rings is 1. The Kier molecular flexibility index (Phi) is 4.98. The van der Waals surface area contributed by atoms with Crippen LogP contribution in [-0.2, 0) is 25.8 Å². The van der Waals surface area contributed by atoms with Crippen molar-refractivity contribution in [1.29, 1.82) is 0 Å². The minimum Gasteiger partial charge on any atom is -0.475 e. The molecule has 5 rings (SSSR count). The van der Waals surface area contributed by atoms with Crippen LogP contribution in [0.1, 0.15) is 53.0 Å². The third-order valence-electron chi connectivity index (χ3n) is 5.93. The summed E-state index contributed by atoms with van der Waals surface area (Å²) in [6.45, 7) is 2.10. The van der Waals surface area contributed by atoms with Gasteiger partial charge in [-0.05, 0) is 54.5 Å². The molecule has 0 atom stereocenters. The van der Waals surface area contributed by atoms with Crippen molar-refractivity contribution < 1.29 is 14.3 Å². The van der Waals surface area contributed by atoms with E-state index in [0.717, 1.165) is 28.8 Å². The van der Waals surface area contributed by atoms with Gasteiger partial charge in [-0.2, -0.15) is 0 Å². The molecule has 3 aromatic heterocycles. The first-order chi connectivity index (χ1) is 15.0. The van der Waals surface area contributed by atoms with Crippen LogP contribution in [-0.4, -0.2) is 20.6 Å². The van der Waals surface area contributed by atoms with E-state index in [1.165, 1.54) is 41.4 Å². The lowest BCUT2D eigenvalue weighted by Crippen LogP contribution is -2.25. The van der Waals surface area contributed by atoms with E-state index in [4.69, 9.17) is 14.5 Å². The summed E-state index contributed by atoms with van der Waals surface area (Å²) in [6.07, 6.45) is 5.23. The Morgan fingerprint density at radius 3 is 2.74 bits per heavy atom. The maximum Gasteiger partial charge on any atom is 0.371 e. The number of rotatable bonds is 5. The highest BCUT2D eigenvalue weighted by atomic mass is 32.1. The molecule has 0 unspecified atom stereocenters. The Labute approximate surface area is 182 Å². The molecule has 1 aromatic carbocycles. The van der Waals surface area contributed by atoms with Gasteiger partial charge in [-0.1, -0.05) is 25.1 Å². The summed E-state index contributed by atoms with van der Waals surface area (Å²) >= 11 is 1.49. The van der Waals surface area contributed by atoms with Gasteiger partial charge in [-0.25, -0.2) is 9.78 Å². The van der Waals surface area contributed by atoms with Crippen LogP contribution in [0.25, 0.3) is 21.3 Å². The highest BCUT2D eigenvalue weighted by Gasteiger charge is 2.19. The van der Waals surface area contributed by atoms with E-state index in [9.17, 15) is 9.59 Å². The van der Waals surface area contributed by atoms with Gasteiger partial charge in [0.2, 0.25) is 5.76 Å². The lowest BCUT2D eigenvalue weighted by atomic mass is 9.89. The second-order valence-corrected chi connectivity index (χ2v) is 8.72. The number of furan rings is 1. The molecule has 0 aliphatic heterocycles. The van der Waals surface area contributed by atoms with Crippen LogP contribution >= 0.6 is 11.3 Å². The highest BCUT2D eigenvalue weighted by Crippen LogP contribution is 2.34. The van der Waals surface area contributed by atoms with Gasteiger partial charge in [-0.15, -0.1) is 11.3 Å². The molecule has 1 N–H and O–H groups in total.